The van der Waals surface area contributed by atoms with Crippen molar-refractivity contribution in [3.05, 3.63) is 79.3 Å². The zero-order chi connectivity index (χ0) is 20.1. The molecule has 7 nitrogen and oxygen atoms in total. The maximum absolute atomic E-state index is 12.3. The summed E-state index contributed by atoms with van der Waals surface area (Å²) in [5.41, 5.74) is 5.01. The number of carbonyl (C=O) groups is 1. The van der Waals surface area contributed by atoms with Crippen molar-refractivity contribution in [1.29, 1.82) is 0 Å². The van der Waals surface area contributed by atoms with Gasteiger partial charge in [-0.15, -0.1) is 0 Å². The second-order valence-corrected chi connectivity index (χ2v) is 6.27. The second-order valence-electron chi connectivity index (χ2n) is 6.27. The molecule has 0 bridgehead atoms. The summed E-state index contributed by atoms with van der Waals surface area (Å²) in [6.45, 7) is 0. The number of aromatic amines is 1. The molecule has 0 aliphatic heterocycles. The van der Waals surface area contributed by atoms with E-state index in [-0.39, 0.29) is 6.03 Å². The van der Waals surface area contributed by atoms with Gasteiger partial charge in [0.2, 0.25) is 0 Å². The number of methoxy groups -OCH3 is 1. The number of pyridine rings is 1. The number of H-pyrrole nitrogens is 1. The Morgan fingerprint density at radius 2 is 1.69 bits per heavy atom. The lowest BCUT2D eigenvalue weighted by Crippen LogP contribution is -2.19. The first kappa shape index (κ1) is 18.2. The zero-order valence-corrected chi connectivity index (χ0v) is 15.7. The first-order valence-corrected chi connectivity index (χ1v) is 8.99. The van der Waals surface area contributed by atoms with Gasteiger partial charge in [-0.05, 0) is 54.1 Å². The van der Waals surface area contributed by atoms with Crippen LogP contribution in [-0.2, 0) is 0 Å². The van der Waals surface area contributed by atoms with Gasteiger partial charge < -0.3 is 15.4 Å². The van der Waals surface area contributed by atoms with Gasteiger partial charge in [0.1, 0.15) is 5.75 Å². The largest absolute Gasteiger partial charge is 0.497 e. The summed E-state index contributed by atoms with van der Waals surface area (Å²) < 4.78 is 5.12. The molecule has 2 amide bonds. The Morgan fingerprint density at radius 1 is 0.931 bits per heavy atom. The van der Waals surface area contributed by atoms with E-state index < -0.39 is 0 Å². The van der Waals surface area contributed by atoms with E-state index in [1.165, 1.54) is 0 Å². The molecule has 0 aliphatic carbocycles. The highest BCUT2D eigenvalue weighted by Gasteiger charge is 2.11. The lowest BCUT2D eigenvalue weighted by Gasteiger charge is -2.10. The molecule has 0 saturated carbocycles. The highest BCUT2D eigenvalue weighted by atomic mass is 16.5. The normalized spacial score (nSPS) is 10.4. The maximum atomic E-state index is 12.3. The summed E-state index contributed by atoms with van der Waals surface area (Å²) in [5.74, 6) is 0.729. The molecule has 0 fully saturated rings. The summed E-state index contributed by atoms with van der Waals surface area (Å²) in [6, 6.07) is 18.2. The van der Waals surface area contributed by atoms with Crippen molar-refractivity contribution in [2.75, 3.05) is 17.7 Å². The third kappa shape index (κ3) is 4.24. The summed E-state index contributed by atoms with van der Waals surface area (Å²) in [5, 5.41) is 12.9. The monoisotopic (exact) mass is 385 g/mol. The first-order chi connectivity index (χ1) is 14.2. The fourth-order valence-electron chi connectivity index (χ4n) is 2.97. The predicted molar refractivity (Wildman–Crippen MR) is 113 cm³/mol. The average Bonchev–Trinajstić information content (AvgIpc) is 3.25. The number of urea groups is 1. The molecular weight excluding hydrogens is 366 g/mol. The number of amides is 2. The summed E-state index contributed by atoms with van der Waals surface area (Å²) in [4.78, 5) is 16.4. The number of hydrogen-bond acceptors (Lipinski definition) is 4. The zero-order valence-electron chi connectivity index (χ0n) is 15.7. The maximum Gasteiger partial charge on any atom is 0.323 e. The number of rotatable bonds is 5. The van der Waals surface area contributed by atoms with E-state index in [0.717, 1.165) is 28.1 Å². The molecule has 2 aromatic carbocycles. The van der Waals surface area contributed by atoms with Crippen molar-refractivity contribution in [2.45, 2.75) is 0 Å². The van der Waals surface area contributed by atoms with Crippen LogP contribution in [0.1, 0.15) is 0 Å². The Balaban J connectivity index is 1.51. The van der Waals surface area contributed by atoms with Gasteiger partial charge in [-0.25, -0.2) is 4.79 Å². The van der Waals surface area contributed by atoms with Crippen molar-refractivity contribution in [3.63, 3.8) is 0 Å². The van der Waals surface area contributed by atoms with Crippen molar-refractivity contribution in [2.24, 2.45) is 0 Å². The molecule has 0 saturated heterocycles. The molecule has 0 radical (unpaired) electrons. The van der Waals surface area contributed by atoms with Crippen LogP contribution in [0.2, 0.25) is 0 Å². The van der Waals surface area contributed by atoms with E-state index in [1.807, 2.05) is 42.6 Å². The summed E-state index contributed by atoms with van der Waals surface area (Å²) in [6.07, 6.45) is 5.34. The van der Waals surface area contributed by atoms with Crippen LogP contribution in [0.5, 0.6) is 5.75 Å². The lowest BCUT2D eigenvalue weighted by atomic mass is 10.0. The fraction of sp³-hybridized carbons (Fsp3) is 0.0455. The number of benzene rings is 2. The third-order valence-electron chi connectivity index (χ3n) is 4.37. The quantitative estimate of drug-likeness (QED) is 0.460. The van der Waals surface area contributed by atoms with Gasteiger partial charge in [0, 0.05) is 41.1 Å². The van der Waals surface area contributed by atoms with Gasteiger partial charge in [0.15, 0.2) is 0 Å². The number of hydrogen-bond donors (Lipinski definition) is 3. The number of carbonyl (C=O) groups excluding carboxylic acids is 1. The predicted octanol–water partition coefficient (Wildman–Crippen LogP) is 4.79. The fourth-order valence-corrected chi connectivity index (χ4v) is 2.97. The molecule has 2 heterocycles. The first-order valence-electron chi connectivity index (χ1n) is 8.99. The molecule has 0 unspecified atom stereocenters. The molecule has 4 rings (SSSR count). The minimum absolute atomic E-state index is 0.330. The van der Waals surface area contributed by atoms with Crippen LogP contribution in [0.25, 0.3) is 22.4 Å². The number of nitrogens with one attached hydrogen (secondary N) is 3. The molecular formula is C22H19N5O2. The second kappa shape index (κ2) is 8.26. The van der Waals surface area contributed by atoms with Crippen molar-refractivity contribution >= 4 is 17.4 Å². The SMILES string of the molecule is COc1ccc(NC(=O)Nc2cccc(-c3n[nH]cc3-c3ccncc3)c2)cc1. The van der Waals surface area contributed by atoms with Crippen LogP contribution >= 0.6 is 0 Å². The molecule has 2 aromatic heterocycles. The Labute approximate surface area is 167 Å². The van der Waals surface area contributed by atoms with E-state index in [2.05, 4.69) is 25.8 Å². The number of anilines is 2. The summed E-state index contributed by atoms with van der Waals surface area (Å²) in [7, 11) is 1.60. The van der Waals surface area contributed by atoms with Crippen LogP contribution in [0.3, 0.4) is 0 Å². The van der Waals surface area contributed by atoms with Gasteiger partial charge >= 0.3 is 6.03 Å². The molecule has 3 N–H and O–H groups in total. The molecule has 7 heteroatoms. The Bertz CT molecular complexity index is 1110. The van der Waals surface area contributed by atoms with E-state index in [9.17, 15) is 4.79 Å². The highest BCUT2D eigenvalue weighted by Crippen LogP contribution is 2.31. The van der Waals surface area contributed by atoms with Crippen molar-refractivity contribution in [1.82, 2.24) is 15.2 Å². The van der Waals surface area contributed by atoms with E-state index >= 15 is 0 Å². The molecule has 144 valence electrons. The lowest BCUT2D eigenvalue weighted by molar-refractivity contribution is 0.262. The van der Waals surface area contributed by atoms with E-state index in [0.29, 0.717) is 11.4 Å². The van der Waals surface area contributed by atoms with Gasteiger partial charge in [0.25, 0.3) is 0 Å². The van der Waals surface area contributed by atoms with Crippen molar-refractivity contribution < 1.29 is 9.53 Å². The van der Waals surface area contributed by atoms with Crippen LogP contribution < -0.4 is 15.4 Å². The molecule has 0 spiro atoms. The molecule has 4 aromatic rings. The third-order valence-corrected chi connectivity index (χ3v) is 4.37. The average molecular weight is 385 g/mol. The van der Waals surface area contributed by atoms with Gasteiger partial charge in [-0.2, -0.15) is 5.10 Å². The Kier molecular flexibility index (Phi) is 5.20. The van der Waals surface area contributed by atoms with Crippen LogP contribution in [-0.4, -0.2) is 28.3 Å². The topological polar surface area (TPSA) is 91.9 Å². The highest BCUT2D eigenvalue weighted by molar-refractivity contribution is 6.00. The van der Waals surface area contributed by atoms with Crippen LogP contribution in [0.4, 0.5) is 16.2 Å². The van der Waals surface area contributed by atoms with E-state index in [1.54, 1.807) is 43.8 Å². The number of aromatic nitrogens is 3. The van der Waals surface area contributed by atoms with Gasteiger partial charge in [-0.1, -0.05) is 12.1 Å². The van der Waals surface area contributed by atoms with Crippen LogP contribution in [0, 0.1) is 0 Å². The van der Waals surface area contributed by atoms with Crippen LogP contribution in [0.15, 0.2) is 79.3 Å². The van der Waals surface area contributed by atoms with Gasteiger partial charge in [0.05, 0.1) is 12.8 Å². The minimum Gasteiger partial charge on any atom is -0.497 e. The molecule has 29 heavy (non-hydrogen) atoms. The smallest absolute Gasteiger partial charge is 0.323 e. The Morgan fingerprint density at radius 3 is 2.45 bits per heavy atom. The minimum atomic E-state index is -0.330. The van der Waals surface area contributed by atoms with E-state index in [4.69, 9.17) is 4.74 Å². The molecule has 0 atom stereocenters. The summed E-state index contributed by atoms with van der Waals surface area (Å²) >= 11 is 0. The number of ether oxygens (including phenoxy) is 1. The number of nitrogens with zero attached hydrogens (tertiary/aromatic N) is 2. The standard InChI is InChI=1S/C22H19N5O2/c1-29-19-7-5-17(6-8-19)25-22(28)26-18-4-2-3-16(13-18)21-20(14-24-27-21)15-9-11-23-12-10-15/h2-14H,1H3,(H,24,27)(H2,25,26,28). The van der Waals surface area contributed by atoms with Gasteiger partial charge in [-0.3, -0.25) is 10.1 Å². The van der Waals surface area contributed by atoms with Crippen molar-refractivity contribution in [3.8, 4) is 28.1 Å². The molecule has 0 aliphatic rings. The Hall–Kier alpha value is -4.13.